The van der Waals surface area contributed by atoms with Crippen molar-refractivity contribution >= 4 is 23.6 Å². The fraction of sp³-hybridized carbons (Fsp3) is 0.684. The van der Waals surface area contributed by atoms with Crippen LogP contribution in [0.2, 0.25) is 0 Å². The summed E-state index contributed by atoms with van der Waals surface area (Å²) in [5.74, 6) is 2.70. The number of piperidine rings is 1. The molecule has 0 aliphatic carbocycles. The number of hydrogen-bond acceptors (Lipinski definition) is 7. The lowest BCUT2D eigenvalue weighted by Crippen LogP contribution is -2.51. The lowest BCUT2D eigenvalue weighted by molar-refractivity contribution is -0.132. The maximum absolute atomic E-state index is 12.5. The second kappa shape index (κ2) is 8.20. The van der Waals surface area contributed by atoms with Crippen molar-refractivity contribution in [3.8, 4) is 0 Å². The second-order valence-electron chi connectivity index (χ2n) is 7.58. The van der Waals surface area contributed by atoms with Gasteiger partial charge in [0.25, 0.3) is 0 Å². The van der Waals surface area contributed by atoms with Gasteiger partial charge >= 0.3 is 6.09 Å². The lowest BCUT2D eigenvalue weighted by atomic mass is 10.1. The van der Waals surface area contributed by atoms with Gasteiger partial charge in [-0.15, -0.1) is 0 Å². The molecule has 0 bridgehead atoms. The lowest BCUT2D eigenvalue weighted by Gasteiger charge is -2.36. The van der Waals surface area contributed by atoms with Gasteiger partial charge in [0.2, 0.25) is 5.91 Å². The van der Waals surface area contributed by atoms with E-state index in [1.165, 1.54) is 24.2 Å². The zero-order valence-electron chi connectivity index (χ0n) is 16.5. The fourth-order valence-electron chi connectivity index (χ4n) is 4.00. The summed E-state index contributed by atoms with van der Waals surface area (Å²) in [5, 5.41) is 0. The molecule has 2 amide bonds. The Hall–Kier alpha value is -2.58. The summed E-state index contributed by atoms with van der Waals surface area (Å²) in [7, 11) is 0. The number of cyclic esters (lactones) is 1. The summed E-state index contributed by atoms with van der Waals surface area (Å²) >= 11 is 0. The smallest absolute Gasteiger partial charge is 0.410 e. The molecule has 4 heterocycles. The van der Waals surface area contributed by atoms with Gasteiger partial charge in [0, 0.05) is 45.3 Å². The largest absolute Gasteiger partial charge is 0.448 e. The molecular weight excluding hydrogens is 360 g/mol. The maximum atomic E-state index is 12.5. The van der Waals surface area contributed by atoms with E-state index in [1.54, 1.807) is 0 Å². The van der Waals surface area contributed by atoms with Crippen molar-refractivity contribution in [2.75, 3.05) is 68.8 Å². The van der Waals surface area contributed by atoms with Crippen LogP contribution in [-0.4, -0.2) is 90.7 Å². The van der Waals surface area contributed by atoms with Crippen molar-refractivity contribution in [2.24, 2.45) is 0 Å². The average molecular weight is 388 g/mol. The second-order valence-corrected chi connectivity index (χ2v) is 7.58. The van der Waals surface area contributed by atoms with Crippen molar-refractivity contribution in [1.29, 1.82) is 0 Å². The number of rotatable bonds is 4. The van der Waals surface area contributed by atoms with E-state index in [1.807, 2.05) is 11.8 Å². The molecule has 0 N–H and O–H groups in total. The van der Waals surface area contributed by atoms with Crippen LogP contribution in [0.5, 0.6) is 0 Å². The van der Waals surface area contributed by atoms with Gasteiger partial charge in [-0.1, -0.05) is 0 Å². The zero-order chi connectivity index (χ0) is 19.5. The highest BCUT2D eigenvalue weighted by atomic mass is 16.6. The average Bonchev–Trinajstić information content (AvgIpc) is 3.13. The predicted octanol–water partition coefficient (Wildman–Crippen LogP) is 0.876. The maximum Gasteiger partial charge on any atom is 0.410 e. The topological polar surface area (TPSA) is 82.1 Å². The summed E-state index contributed by atoms with van der Waals surface area (Å²) in [6.45, 7) is 7.72. The SMILES string of the molecule is Cc1nc(N2CCCCC2)cc(N2CCN(C(=O)CN3CCOC3=O)CC2)n1. The quantitative estimate of drug-likeness (QED) is 0.757. The molecule has 3 aliphatic rings. The van der Waals surface area contributed by atoms with Crippen LogP contribution in [0, 0.1) is 6.92 Å². The predicted molar refractivity (Wildman–Crippen MR) is 105 cm³/mol. The minimum atomic E-state index is -0.395. The summed E-state index contributed by atoms with van der Waals surface area (Å²) < 4.78 is 4.89. The van der Waals surface area contributed by atoms with Gasteiger partial charge in [-0.05, 0) is 26.2 Å². The van der Waals surface area contributed by atoms with Gasteiger partial charge in [0.15, 0.2) is 0 Å². The summed E-state index contributed by atoms with van der Waals surface area (Å²) in [4.78, 5) is 41.1. The van der Waals surface area contributed by atoms with Crippen molar-refractivity contribution < 1.29 is 14.3 Å². The fourth-order valence-corrected chi connectivity index (χ4v) is 4.00. The Balaban J connectivity index is 1.36. The molecule has 0 radical (unpaired) electrons. The highest BCUT2D eigenvalue weighted by Crippen LogP contribution is 2.23. The standard InChI is InChI=1S/C19H28N6O3/c1-15-20-16(22-5-3-2-4-6-22)13-17(21-15)23-7-9-24(10-8-23)18(26)14-25-11-12-28-19(25)27/h13H,2-12,14H2,1H3. The van der Waals surface area contributed by atoms with E-state index in [9.17, 15) is 9.59 Å². The first kappa shape index (κ1) is 18.8. The Labute approximate surface area is 165 Å². The Morgan fingerprint density at radius 3 is 2.21 bits per heavy atom. The molecule has 152 valence electrons. The van der Waals surface area contributed by atoms with E-state index in [4.69, 9.17) is 4.74 Å². The molecule has 1 aromatic rings. The minimum absolute atomic E-state index is 0.0219. The van der Waals surface area contributed by atoms with Crippen LogP contribution in [0.3, 0.4) is 0 Å². The van der Waals surface area contributed by atoms with Crippen LogP contribution in [-0.2, 0) is 9.53 Å². The zero-order valence-corrected chi connectivity index (χ0v) is 16.5. The molecule has 1 aromatic heterocycles. The molecule has 0 aromatic carbocycles. The molecule has 4 rings (SSSR count). The number of ether oxygens (including phenoxy) is 1. The van der Waals surface area contributed by atoms with Crippen LogP contribution >= 0.6 is 0 Å². The Morgan fingerprint density at radius 1 is 0.964 bits per heavy atom. The van der Waals surface area contributed by atoms with Gasteiger partial charge in [-0.2, -0.15) is 0 Å². The van der Waals surface area contributed by atoms with E-state index in [2.05, 4.69) is 25.8 Å². The molecule has 0 atom stereocenters. The van der Waals surface area contributed by atoms with E-state index in [-0.39, 0.29) is 12.5 Å². The first-order valence-electron chi connectivity index (χ1n) is 10.2. The normalized spacial score (nSPS) is 20.5. The number of anilines is 2. The number of aryl methyl sites for hydroxylation is 1. The third-order valence-corrected chi connectivity index (χ3v) is 5.62. The summed E-state index contributed by atoms with van der Waals surface area (Å²) in [6.07, 6.45) is 3.32. The third-order valence-electron chi connectivity index (χ3n) is 5.62. The van der Waals surface area contributed by atoms with Crippen molar-refractivity contribution in [3.63, 3.8) is 0 Å². The van der Waals surface area contributed by atoms with Crippen LogP contribution in [0.1, 0.15) is 25.1 Å². The van der Waals surface area contributed by atoms with E-state index in [0.717, 1.165) is 43.6 Å². The molecular formula is C19H28N6O3. The van der Waals surface area contributed by atoms with Crippen molar-refractivity contribution in [2.45, 2.75) is 26.2 Å². The monoisotopic (exact) mass is 388 g/mol. The molecule has 28 heavy (non-hydrogen) atoms. The number of piperazine rings is 1. The van der Waals surface area contributed by atoms with Crippen molar-refractivity contribution in [3.05, 3.63) is 11.9 Å². The van der Waals surface area contributed by atoms with Gasteiger partial charge in [-0.3, -0.25) is 9.69 Å². The van der Waals surface area contributed by atoms with E-state index < -0.39 is 6.09 Å². The first-order chi connectivity index (χ1) is 13.6. The van der Waals surface area contributed by atoms with Crippen LogP contribution in [0.15, 0.2) is 6.07 Å². The van der Waals surface area contributed by atoms with Gasteiger partial charge < -0.3 is 19.4 Å². The van der Waals surface area contributed by atoms with Gasteiger partial charge in [-0.25, -0.2) is 14.8 Å². The third kappa shape index (κ3) is 4.13. The molecule has 3 fully saturated rings. The number of amides is 2. The highest BCUT2D eigenvalue weighted by molar-refractivity contribution is 5.83. The van der Waals surface area contributed by atoms with Crippen LogP contribution < -0.4 is 9.80 Å². The number of carbonyl (C=O) groups excluding carboxylic acids is 2. The first-order valence-corrected chi connectivity index (χ1v) is 10.2. The molecule has 9 heteroatoms. The number of hydrogen-bond donors (Lipinski definition) is 0. The molecule has 0 saturated carbocycles. The summed E-state index contributed by atoms with van der Waals surface area (Å²) in [5.41, 5.74) is 0. The highest BCUT2D eigenvalue weighted by Gasteiger charge is 2.28. The van der Waals surface area contributed by atoms with Gasteiger partial charge in [0.05, 0.1) is 6.54 Å². The Bertz CT molecular complexity index is 728. The van der Waals surface area contributed by atoms with Crippen LogP contribution in [0.25, 0.3) is 0 Å². The van der Waals surface area contributed by atoms with Crippen LogP contribution in [0.4, 0.5) is 16.4 Å². The molecule has 3 saturated heterocycles. The van der Waals surface area contributed by atoms with E-state index in [0.29, 0.717) is 26.2 Å². The summed E-state index contributed by atoms with van der Waals surface area (Å²) in [6, 6.07) is 2.08. The Kier molecular flexibility index (Phi) is 5.50. The molecule has 0 unspecified atom stereocenters. The molecule has 0 spiro atoms. The molecule has 9 nitrogen and oxygen atoms in total. The Morgan fingerprint density at radius 2 is 1.61 bits per heavy atom. The number of nitrogens with zero attached hydrogens (tertiary/aromatic N) is 6. The number of carbonyl (C=O) groups is 2. The van der Waals surface area contributed by atoms with Gasteiger partial charge in [0.1, 0.15) is 30.6 Å². The number of aromatic nitrogens is 2. The van der Waals surface area contributed by atoms with E-state index >= 15 is 0 Å². The van der Waals surface area contributed by atoms with Crippen molar-refractivity contribution in [1.82, 2.24) is 19.8 Å². The molecule has 3 aliphatic heterocycles. The minimum Gasteiger partial charge on any atom is -0.448 e.